The lowest BCUT2D eigenvalue weighted by Gasteiger charge is -2.31. The fourth-order valence-corrected chi connectivity index (χ4v) is 2.65. The summed E-state index contributed by atoms with van der Waals surface area (Å²) in [7, 11) is 0. The molecule has 1 unspecified atom stereocenters. The Labute approximate surface area is 96.5 Å². The SMILES string of the molecule is O=C(O)C=CN1CCC(N2CCCCC2)C1. The lowest BCUT2D eigenvalue weighted by molar-refractivity contribution is -0.131. The third kappa shape index (κ3) is 2.98. The van der Waals surface area contributed by atoms with E-state index in [0.29, 0.717) is 6.04 Å². The molecule has 4 nitrogen and oxygen atoms in total. The maximum atomic E-state index is 10.4. The van der Waals surface area contributed by atoms with Crippen LogP contribution in [0, 0.1) is 0 Å². The van der Waals surface area contributed by atoms with Crippen molar-refractivity contribution in [2.24, 2.45) is 0 Å². The Morgan fingerprint density at radius 3 is 2.62 bits per heavy atom. The molecular formula is C12H20N2O2. The van der Waals surface area contributed by atoms with Crippen LogP contribution in [-0.2, 0) is 4.79 Å². The first-order valence-corrected chi connectivity index (χ1v) is 6.15. The molecule has 16 heavy (non-hydrogen) atoms. The highest BCUT2D eigenvalue weighted by molar-refractivity contribution is 5.79. The monoisotopic (exact) mass is 224 g/mol. The van der Waals surface area contributed by atoms with E-state index in [1.807, 2.05) is 0 Å². The Kier molecular flexibility index (Phi) is 3.83. The Morgan fingerprint density at radius 2 is 1.94 bits per heavy atom. The highest BCUT2D eigenvalue weighted by Crippen LogP contribution is 2.20. The molecule has 1 N–H and O–H groups in total. The maximum absolute atomic E-state index is 10.4. The first kappa shape index (κ1) is 11.5. The van der Waals surface area contributed by atoms with Crippen LogP contribution in [0.2, 0.25) is 0 Å². The zero-order valence-corrected chi connectivity index (χ0v) is 9.64. The minimum absolute atomic E-state index is 0.638. The number of carbonyl (C=O) groups is 1. The molecule has 0 aromatic carbocycles. The van der Waals surface area contributed by atoms with Crippen molar-refractivity contribution in [2.45, 2.75) is 31.7 Å². The maximum Gasteiger partial charge on any atom is 0.329 e. The van der Waals surface area contributed by atoms with Crippen molar-refractivity contribution in [3.05, 3.63) is 12.3 Å². The summed E-state index contributed by atoms with van der Waals surface area (Å²) in [6, 6.07) is 0.638. The highest BCUT2D eigenvalue weighted by Gasteiger charge is 2.26. The second kappa shape index (κ2) is 5.34. The summed E-state index contributed by atoms with van der Waals surface area (Å²) in [4.78, 5) is 15.1. The molecule has 2 fully saturated rings. The van der Waals surface area contributed by atoms with Gasteiger partial charge in [0.1, 0.15) is 0 Å². The van der Waals surface area contributed by atoms with Gasteiger partial charge in [0.2, 0.25) is 0 Å². The fourth-order valence-electron chi connectivity index (χ4n) is 2.65. The molecule has 2 aliphatic heterocycles. The number of likely N-dealkylation sites (tertiary alicyclic amines) is 2. The zero-order valence-electron chi connectivity index (χ0n) is 9.64. The summed E-state index contributed by atoms with van der Waals surface area (Å²) in [5.74, 6) is -0.860. The number of nitrogens with zero attached hydrogens (tertiary/aromatic N) is 2. The van der Waals surface area contributed by atoms with Gasteiger partial charge in [-0.25, -0.2) is 4.79 Å². The number of rotatable bonds is 3. The number of aliphatic carboxylic acids is 1. The predicted octanol–water partition coefficient (Wildman–Crippen LogP) is 1.14. The van der Waals surface area contributed by atoms with Crippen molar-refractivity contribution in [3.8, 4) is 0 Å². The molecule has 90 valence electrons. The van der Waals surface area contributed by atoms with Crippen molar-refractivity contribution in [1.82, 2.24) is 9.80 Å². The minimum atomic E-state index is -0.860. The van der Waals surface area contributed by atoms with Crippen molar-refractivity contribution < 1.29 is 9.90 Å². The first-order chi connectivity index (χ1) is 7.75. The van der Waals surface area contributed by atoms with Gasteiger partial charge in [-0.15, -0.1) is 0 Å². The van der Waals surface area contributed by atoms with Crippen molar-refractivity contribution in [2.75, 3.05) is 26.2 Å². The van der Waals surface area contributed by atoms with E-state index >= 15 is 0 Å². The van der Waals surface area contributed by atoms with E-state index in [2.05, 4.69) is 9.80 Å². The topological polar surface area (TPSA) is 43.8 Å². The first-order valence-electron chi connectivity index (χ1n) is 6.15. The number of hydrogen-bond acceptors (Lipinski definition) is 3. The molecule has 2 saturated heterocycles. The molecule has 0 aromatic heterocycles. The summed E-state index contributed by atoms with van der Waals surface area (Å²) in [6.07, 6.45) is 8.13. The Bertz CT molecular complexity index is 272. The van der Waals surface area contributed by atoms with E-state index in [4.69, 9.17) is 5.11 Å². The van der Waals surface area contributed by atoms with Crippen molar-refractivity contribution >= 4 is 5.97 Å². The van der Waals surface area contributed by atoms with Gasteiger partial charge in [-0.2, -0.15) is 0 Å². The van der Waals surface area contributed by atoms with Gasteiger partial charge in [-0.1, -0.05) is 6.42 Å². The molecule has 0 amide bonds. The third-order valence-corrected chi connectivity index (χ3v) is 3.53. The van der Waals surface area contributed by atoms with Crippen LogP contribution in [0.5, 0.6) is 0 Å². The van der Waals surface area contributed by atoms with Crippen LogP contribution in [0.1, 0.15) is 25.7 Å². The quantitative estimate of drug-likeness (QED) is 0.730. The van der Waals surface area contributed by atoms with E-state index in [0.717, 1.165) is 13.1 Å². The van der Waals surface area contributed by atoms with E-state index in [1.165, 1.54) is 44.8 Å². The molecule has 0 saturated carbocycles. The molecule has 0 aliphatic carbocycles. The minimum Gasteiger partial charge on any atom is -0.478 e. The van der Waals surface area contributed by atoms with Gasteiger partial charge in [0, 0.05) is 31.4 Å². The fraction of sp³-hybridized carbons (Fsp3) is 0.750. The molecule has 0 spiro atoms. The molecule has 2 rings (SSSR count). The summed E-state index contributed by atoms with van der Waals surface area (Å²) in [6.45, 7) is 4.43. The number of piperidine rings is 1. The van der Waals surface area contributed by atoms with E-state index in [1.54, 1.807) is 6.20 Å². The average molecular weight is 224 g/mol. The van der Waals surface area contributed by atoms with Crippen LogP contribution < -0.4 is 0 Å². The molecule has 4 heteroatoms. The second-order valence-corrected chi connectivity index (χ2v) is 4.69. The Hall–Kier alpha value is -1.03. The van der Waals surface area contributed by atoms with Crippen LogP contribution in [0.15, 0.2) is 12.3 Å². The lowest BCUT2D eigenvalue weighted by atomic mass is 10.1. The Morgan fingerprint density at radius 1 is 1.19 bits per heavy atom. The smallest absolute Gasteiger partial charge is 0.329 e. The second-order valence-electron chi connectivity index (χ2n) is 4.69. The highest BCUT2D eigenvalue weighted by atomic mass is 16.4. The van der Waals surface area contributed by atoms with Gasteiger partial charge in [-0.05, 0) is 32.4 Å². The van der Waals surface area contributed by atoms with Crippen LogP contribution in [0.3, 0.4) is 0 Å². The van der Waals surface area contributed by atoms with Crippen molar-refractivity contribution in [3.63, 3.8) is 0 Å². The van der Waals surface area contributed by atoms with Gasteiger partial charge in [0.05, 0.1) is 0 Å². The van der Waals surface area contributed by atoms with E-state index in [-0.39, 0.29) is 0 Å². The number of carboxylic acid groups (broad SMARTS) is 1. The molecule has 0 aromatic rings. The van der Waals surface area contributed by atoms with Crippen LogP contribution in [-0.4, -0.2) is 53.1 Å². The third-order valence-electron chi connectivity index (χ3n) is 3.53. The standard InChI is InChI=1S/C12H20N2O2/c15-12(16)5-9-13-8-4-11(10-13)14-6-2-1-3-7-14/h5,9,11H,1-4,6-8,10H2,(H,15,16). The van der Waals surface area contributed by atoms with Crippen LogP contribution in [0.4, 0.5) is 0 Å². The summed E-state index contributed by atoms with van der Waals surface area (Å²) in [5.41, 5.74) is 0. The molecule has 0 bridgehead atoms. The number of carboxylic acids is 1. The average Bonchev–Trinajstić information content (AvgIpc) is 2.76. The zero-order chi connectivity index (χ0) is 11.4. The normalized spacial score (nSPS) is 27.8. The predicted molar refractivity (Wildman–Crippen MR) is 62.2 cm³/mol. The summed E-state index contributed by atoms with van der Waals surface area (Å²) >= 11 is 0. The van der Waals surface area contributed by atoms with Crippen LogP contribution in [0.25, 0.3) is 0 Å². The van der Waals surface area contributed by atoms with Gasteiger partial charge in [0.25, 0.3) is 0 Å². The lowest BCUT2D eigenvalue weighted by Crippen LogP contribution is -2.40. The van der Waals surface area contributed by atoms with Gasteiger partial charge >= 0.3 is 5.97 Å². The Balaban J connectivity index is 1.80. The van der Waals surface area contributed by atoms with Gasteiger partial charge < -0.3 is 10.0 Å². The molecule has 1 atom stereocenters. The molecule has 2 aliphatic rings. The molecular weight excluding hydrogens is 204 g/mol. The molecule has 0 radical (unpaired) electrons. The summed E-state index contributed by atoms with van der Waals surface area (Å²) in [5, 5.41) is 8.56. The molecule has 2 heterocycles. The largest absolute Gasteiger partial charge is 0.478 e. The number of hydrogen-bond donors (Lipinski definition) is 1. The van der Waals surface area contributed by atoms with Gasteiger partial charge in [0.15, 0.2) is 0 Å². The van der Waals surface area contributed by atoms with Crippen molar-refractivity contribution in [1.29, 1.82) is 0 Å². The summed E-state index contributed by atoms with van der Waals surface area (Å²) < 4.78 is 0. The van der Waals surface area contributed by atoms with Gasteiger partial charge in [-0.3, -0.25) is 4.90 Å². The van der Waals surface area contributed by atoms with Crippen LogP contribution >= 0.6 is 0 Å². The van der Waals surface area contributed by atoms with E-state index < -0.39 is 5.97 Å². The van der Waals surface area contributed by atoms with E-state index in [9.17, 15) is 4.79 Å².